The van der Waals surface area contributed by atoms with Crippen molar-refractivity contribution < 1.29 is 4.79 Å². The van der Waals surface area contributed by atoms with Crippen LogP contribution in [-0.2, 0) is 4.79 Å². The second kappa shape index (κ2) is 7.75. The van der Waals surface area contributed by atoms with E-state index in [1.54, 1.807) is 24.3 Å². The summed E-state index contributed by atoms with van der Waals surface area (Å²) in [6.45, 7) is 2.02. The van der Waals surface area contributed by atoms with Crippen LogP contribution in [0.15, 0.2) is 24.3 Å². The normalized spacial score (nSPS) is 11.6. The molecule has 0 radical (unpaired) electrons. The summed E-state index contributed by atoms with van der Waals surface area (Å²) in [5, 5.41) is 11.6. The number of hydrogen-bond acceptors (Lipinski definition) is 4. The van der Waals surface area contributed by atoms with E-state index in [-0.39, 0.29) is 11.9 Å². The number of rotatable bonds is 6. The van der Waals surface area contributed by atoms with Crippen molar-refractivity contribution in [1.82, 2.24) is 0 Å². The van der Waals surface area contributed by atoms with Crippen molar-refractivity contribution >= 4 is 23.4 Å². The number of para-hydroxylation sites is 1. The van der Waals surface area contributed by atoms with Crippen molar-refractivity contribution in [3.8, 4) is 6.07 Å². The molecule has 0 bridgehead atoms. The largest absolute Gasteiger partial charge is 0.327 e. The van der Waals surface area contributed by atoms with E-state index in [1.165, 1.54) is 11.8 Å². The minimum Gasteiger partial charge on any atom is -0.327 e. The van der Waals surface area contributed by atoms with Gasteiger partial charge in [-0.25, -0.2) is 0 Å². The number of amides is 1. The summed E-state index contributed by atoms with van der Waals surface area (Å²) in [7, 11) is 0. The maximum atomic E-state index is 11.7. The number of anilines is 1. The molecule has 18 heavy (non-hydrogen) atoms. The van der Waals surface area contributed by atoms with Crippen molar-refractivity contribution in [3.05, 3.63) is 29.8 Å². The minimum absolute atomic E-state index is 0.106. The predicted octanol–water partition coefficient (Wildman–Crippen LogP) is 1.97. The smallest absolute Gasteiger partial charge is 0.234 e. The van der Waals surface area contributed by atoms with Crippen LogP contribution in [0.4, 0.5) is 5.69 Å². The van der Waals surface area contributed by atoms with Crippen LogP contribution in [0.2, 0.25) is 0 Å². The SMILES string of the molecule is CCC(N)CSCC(=O)Nc1ccccc1C#N. The molecule has 0 saturated carbocycles. The fourth-order valence-electron chi connectivity index (χ4n) is 1.30. The monoisotopic (exact) mass is 263 g/mol. The first kappa shape index (κ1) is 14.6. The van der Waals surface area contributed by atoms with Crippen molar-refractivity contribution in [2.75, 3.05) is 16.8 Å². The summed E-state index contributed by atoms with van der Waals surface area (Å²) in [6.07, 6.45) is 0.909. The van der Waals surface area contributed by atoms with Crippen molar-refractivity contribution in [2.45, 2.75) is 19.4 Å². The van der Waals surface area contributed by atoms with Crippen LogP contribution in [0.1, 0.15) is 18.9 Å². The lowest BCUT2D eigenvalue weighted by molar-refractivity contribution is -0.113. The van der Waals surface area contributed by atoms with E-state index >= 15 is 0 Å². The Morgan fingerprint density at radius 1 is 1.56 bits per heavy atom. The van der Waals surface area contributed by atoms with Gasteiger partial charge in [-0.05, 0) is 18.6 Å². The first-order valence-corrected chi connectivity index (χ1v) is 6.95. The van der Waals surface area contributed by atoms with Gasteiger partial charge in [0.1, 0.15) is 6.07 Å². The van der Waals surface area contributed by atoms with Gasteiger partial charge in [0.2, 0.25) is 5.91 Å². The Morgan fingerprint density at radius 3 is 2.94 bits per heavy atom. The molecule has 96 valence electrons. The van der Waals surface area contributed by atoms with Gasteiger partial charge in [0.05, 0.1) is 17.0 Å². The van der Waals surface area contributed by atoms with E-state index < -0.39 is 0 Å². The number of thioether (sulfide) groups is 1. The average Bonchev–Trinajstić information content (AvgIpc) is 2.39. The third-order valence-corrected chi connectivity index (χ3v) is 3.54. The number of nitriles is 1. The summed E-state index contributed by atoms with van der Waals surface area (Å²) < 4.78 is 0. The molecule has 1 aromatic carbocycles. The summed E-state index contributed by atoms with van der Waals surface area (Å²) in [6, 6.07) is 9.13. The number of nitrogens with one attached hydrogen (secondary N) is 1. The van der Waals surface area contributed by atoms with Crippen molar-refractivity contribution in [2.24, 2.45) is 5.73 Å². The van der Waals surface area contributed by atoms with Gasteiger partial charge in [0.25, 0.3) is 0 Å². The number of hydrogen-bond donors (Lipinski definition) is 2. The second-order valence-electron chi connectivity index (χ2n) is 3.89. The Morgan fingerprint density at radius 2 is 2.28 bits per heavy atom. The number of carbonyl (C=O) groups excluding carboxylic acids is 1. The predicted molar refractivity (Wildman–Crippen MR) is 75.4 cm³/mol. The van der Waals surface area contributed by atoms with Gasteiger partial charge in [-0.3, -0.25) is 4.79 Å². The zero-order valence-corrected chi connectivity index (χ0v) is 11.2. The molecular weight excluding hydrogens is 246 g/mol. The molecule has 5 heteroatoms. The van der Waals surface area contributed by atoms with Gasteiger partial charge >= 0.3 is 0 Å². The third-order valence-electron chi connectivity index (χ3n) is 2.41. The number of carbonyl (C=O) groups is 1. The molecule has 1 unspecified atom stereocenters. The highest BCUT2D eigenvalue weighted by molar-refractivity contribution is 8.00. The molecule has 0 aromatic heterocycles. The highest BCUT2D eigenvalue weighted by atomic mass is 32.2. The molecule has 0 saturated heterocycles. The Kier molecular flexibility index (Phi) is 6.26. The van der Waals surface area contributed by atoms with Crippen LogP contribution in [0.3, 0.4) is 0 Å². The topological polar surface area (TPSA) is 78.9 Å². The quantitative estimate of drug-likeness (QED) is 0.822. The molecule has 1 rings (SSSR count). The molecule has 0 spiro atoms. The van der Waals surface area contributed by atoms with Crippen molar-refractivity contribution in [3.63, 3.8) is 0 Å². The average molecular weight is 263 g/mol. The van der Waals surface area contributed by atoms with E-state index in [2.05, 4.69) is 5.32 Å². The van der Waals surface area contributed by atoms with Crippen LogP contribution in [0, 0.1) is 11.3 Å². The molecule has 0 heterocycles. The minimum atomic E-state index is -0.106. The molecule has 0 aliphatic carbocycles. The number of nitrogens with zero attached hydrogens (tertiary/aromatic N) is 1. The first-order chi connectivity index (χ1) is 8.67. The summed E-state index contributed by atoms with van der Waals surface area (Å²) >= 11 is 1.51. The summed E-state index contributed by atoms with van der Waals surface area (Å²) in [5.41, 5.74) is 6.80. The molecule has 3 N–H and O–H groups in total. The molecule has 4 nitrogen and oxygen atoms in total. The Hall–Kier alpha value is -1.51. The lowest BCUT2D eigenvalue weighted by Crippen LogP contribution is -2.23. The Labute approximate surface area is 112 Å². The molecule has 0 fully saturated rings. The van der Waals surface area contributed by atoms with Crippen molar-refractivity contribution in [1.29, 1.82) is 5.26 Å². The molecule has 0 aliphatic rings. The number of nitrogens with two attached hydrogens (primary N) is 1. The van der Waals surface area contributed by atoms with Crippen LogP contribution < -0.4 is 11.1 Å². The second-order valence-corrected chi connectivity index (χ2v) is 4.92. The maximum Gasteiger partial charge on any atom is 0.234 e. The zero-order chi connectivity index (χ0) is 13.4. The van der Waals surface area contributed by atoms with Gasteiger partial charge in [-0.15, -0.1) is 0 Å². The molecule has 1 aromatic rings. The fourth-order valence-corrected chi connectivity index (χ4v) is 2.21. The van der Waals surface area contributed by atoms with Gasteiger partial charge < -0.3 is 11.1 Å². The van der Waals surface area contributed by atoms with Gasteiger partial charge in [0.15, 0.2) is 0 Å². The summed E-state index contributed by atoms with van der Waals surface area (Å²) in [4.78, 5) is 11.7. The van der Waals surface area contributed by atoms with Crippen LogP contribution >= 0.6 is 11.8 Å². The van der Waals surface area contributed by atoms with Crippen LogP contribution in [0.5, 0.6) is 0 Å². The highest BCUT2D eigenvalue weighted by Crippen LogP contribution is 2.14. The van der Waals surface area contributed by atoms with E-state index in [4.69, 9.17) is 11.0 Å². The van der Waals surface area contributed by atoms with E-state index in [0.29, 0.717) is 17.0 Å². The van der Waals surface area contributed by atoms with E-state index in [0.717, 1.165) is 12.2 Å². The molecule has 0 aliphatic heterocycles. The standard InChI is InChI=1S/C13H17N3OS/c1-2-11(15)8-18-9-13(17)16-12-6-4-3-5-10(12)7-14/h3-6,11H,2,8-9,15H2,1H3,(H,16,17). The molecule has 1 atom stereocenters. The maximum absolute atomic E-state index is 11.7. The summed E-state index contributed by atoms with van der Waals surface area (Å²) in [5.74, 6) is 1.02. The van der Waals surface area contributed by atoms with Crippen LogP contribution in [0.25, 0.3) is 0 Å². The fraction of sp³-hybridized carbons (Fsp3) is 0.385. The first-order valence-electron chi connectivity index (χ1n) is 5.79. The lowest BCUT2D eigenvalue weighted by atomic mass is 10.2. The third kappa shape index (κ3) is 4.78. The van der Waals surface area contributed by atoms with Gasteiger partial charge in [-0.2, -0.15) is 17.0 Å². The van der Waals surface area contributed by atoms with E-state index in [1.807, 2.05) is 13.0 Å². The van der Waals surface area contributed by atoms with Crippen LogP contribution in [-0.4, -0.2) is 23.5 Å². The van der Waals surface area contributed by atoms with Gasteiger partial charge in [0, 0.05) is 11.8 Å². The Balaban J connectivity index is 2.43. The zero-order valence-electron chi connectivity index (χ0n) is 10.3. The molecule has 1 amide bonds. The van der Waals surface area contributed by atoms with E-state index in [9.17, 15) is 4.79 Å². The highest BCUT2D eigenvalue weighted by Gasteiger charge is 2.07. The Bertz CT molecular complexity index is 442. The molecular formula is C13H17N3OS. The van der Waals surface area contributed by atoms with Gasteiger partial charge in [-0.1, -0.05) is 19.1 Å². The number of benzene rings is 1. The lowest BCUT2D eigenvalue weighted by Gasteiger charge is -2.09.